The van der Waals surface area contributed by atoms with Crippen LogP contribution >= 0.6 is 23.1 Å². The molecule has 0 aliphatic carbocycles. The summed E-state index contributed by atoms with van der Waals surface area (Å²) in [5.74, 6) is 1.82. The molecule has 0 spiro atoms. The molecule has 3 rings (SSSR count). The highest BCUT2D eigenvalue weighted by molar-refractivity contribution is 8.00. The molecule has 2 aliphatic rings. The van der Waals surface area contributed by atoms with E-state index in [9.17, 15) is 9.59 Å². The molecule has 0 saturated carbocycles. The molecule has 2 amide bonds. The Morgan fingerprint density at radius 3 is 2.76 bits per heavy atom. The number of piperidine rings is 1. The van der Waals surface area contributed by atoms with Crippen LogP contribution in [0.1, 0.15) is 29.5 Å². The minimum Gasteiger partial charge on any atom is -0.341 e. The second kappa shape index (κ2) is 6.36. The lowest BCUT2D eigenvalue weighted by molar-refractivity contribution is -0.138. The summed E-state index contributed by atoms with van der Waals surface area (Å²) in [5, 5.41) is 3.29. The van der Waals surface area contributed by atoms with Crippen molar-refractivity contribution in [1.29, 1.82) is 0 Å². The number of aryl methyl sites for hydroxylation is 1. The van der Waals surface area contributed by atoms with Crippen LogP contribution in [-0.4, -0.2) is 57.9 Å². The average molecular weight is 325 g/mol. The van der Waals surface area contributed by atoms with E-state index >= 15 is 0 Å². The van der Waals surface area contributed by atoms with Crippen LogP contribution in [0.3, 0.4) is 0 Å². The van der Waals surface area contributed by atoms with E-state index in [-0.39, 0.29) is 18.4 Å². The molecule has 1 aromatic rings. The number of likely N-dealkylation sites (tertiary alicyclic amines) is 1. The van der Waals surface area contributed by atoms with Crippen LogP contribution in [0.2, 0.25) is 0 Å². The van der Waals surface area contributed by atoms with Gasteiger partial charge in [-0.25, -0.2) is 4.98 Å². The van der Waals surface area contributed by atoms with Gasteiger partial charge >= 0.3 is 0 Å². The maximum Gasteiger partial charge on any atom is 0.242 e. The van der Waals surface area contributed by atoms with Crippen molar-refractivity contribution in [3.63, 3.8) is 0 Å². The van der Waals surface area contributed by atoms with Gasteiger partial charge in [-0.3, -0.25) is 9.59 Å². The number of carbonyl (C=O) groups excluding carboxylic acids is 2. The Labute approximate surface area is 132 Å². The van der Waals surface area contributed by atoms with E-state index in [1.54, 1.807) is 28.0 Å². The third-order valence-corrected chi connectivity index (χ3v) is 6.06. The van der Waals surface area contributed by atoms with Crippen LogP contribution in [0, 0.1) is 6.92 Å². The predicted octanol–water partition coefficient (Wildman–Crippen LogP) is 1.69. The summed E-state index contributed by atoms with van der Waals surface area (Å²) in [6.07, 6.45) is 1.95. The molecular formula is C14H19N3O2S2. The fraction of sp³-hybridized carbons (Fsp3) is 0.643. The Hall–Kier alpha value is -1.08. The molecule has 2 aliphatic heterocycles. The molecular weight excluding hydrogens is 306 g/mol. The van der Waals surface area contributed by atoms with Crippen molar-refractivity contribution < 1.29 is 9.59 Å². The highest BCUT2D eigenvalue weighted by atomic mass is 32.2. The monoisotopic (exact) mass is 325 g/mol. The van der Waals surface area contributed by atoms with Crippen molar-refractivity contribution in [3.8, 4) is 0 Å². The number of thiazole rings is 1. The van der Waals surface area contributed by atoms with Gasteiger partial charge in [-0.2, -0.15) is 0 Å². The predicted molar refractivity (Wildman–Crippen MR) is 84.4 cm³/mol. The van der Waals surface area contributed by atoms with Crippen LogP contribution in [0.4, 0.5) is 0 Å². The molecule has 7 heteroatoms. The minimum atomic E-state index is 0.0830. The quantitative estimate of drug-likeness (QED) is 0.849. The zero-order valence-electron chi connectivity index (χ0n) is 12.1. The van der Waals surface area contributed by atoms with Gasteiger partial charge in [0.1, 0.15) is 6.54 Å². The number of thioether (sulfide) groups is 1. The van der Waals surface area contributed by atoms with Gasteiger partial charge in [0.25, 0.3) is 0 Å². The molecule has 0 unspecified atom stereocenters. The number of nitrogens with zero attached hydrogens (tertiary/aromatic N) is 3. The highest BCUT2D eigenvalue weighted by Crippen LogP contribution is 2.30. The Bertz CT molecular complexity index is 538. The number of carbonyl (C=O) groups is 2. The molecule has 0 atom stereocenters. The van der Waals surface area contributed by atoms with Crippen LogP contribution in [0.5, 0.6) is 0 Å². The Morgan fingerprint density at radius 1 is 1.43 bits per heavy atom. The second-order valence-electron chi connectivity index (χ2n) is 5.55. The standard InChI is InChI=1S/C14H19N3O2S2/c1-10-7-21-14(15-10)11-2-4-16(5-3-11)12(18)6-17-9-20-8-13(17)19/h7,11H,2-6,8-9H2,1H3. The van der Waals surface area contributed by atoms with E-state index in [2.05, 4.69) is 10.4 Å². The number of aromatic nitrogens is 1. The molecule has 3 heterocycles. The summed E-state index contributed by atoms with van der Waals surface area (Å²) in [5.41, 5.74) is 1.08. The molecule has 5 nitrogen and oxygen atoms in total. The average Bonchev–Trinajstić information content (AvgIpc) is 3.08. The number of amides is 2. The van der Waals surface area contributed by atoms with Gasteiger partial charge in [0.15, 0.2) is 0 Å². The summed E-state index contributed by atoms with van der Waals surface area (Å²) in [6, 6.07) is 0. The smallest absolute Gasteiger partial charge is 0.242 e. The lowest BCUT2D eigenvalue weighted by Gasteiger charge is -2.32. The summed E-state index contributed by atoms with van der Waals surface area (Å²) in [7, 11) is 0. The van der Waals surface area contributed by atoms with Crippen molar-refractivity contribution in [1.82, 2.24) is 14.8 Å². The van der Waals surface area contributed by atoms with Gasteiger partial charge < -0.3 is 9.80 Å². The van der Waals surface area contributed by atoms with Crippen molar-refractivity contribution in [2.45, 2.75) is 25.7 Å². The maximum atomic E-state index is 12.3. The van der Waals surface area contributed by atoms with Gasteiger partial charge in [-0.15, -0.1) is 23.1 Å². The van der Waals surface area contributed by atoms with Crippen molar-refractivity contribution >= 4 is 34.9 Å². The summed E-state index contributed by atoms with van der Waals surface area (Å²) in [4.78, 5) is 31.9. The molecule has 1 aromatic heterocycles. The molecule has 2 saturated heterocycles. The fourth-order valence-electron chi connectivity index (χ4n) is 2.74. The lowest BCUT2D eigenvalue weighted by atomic mass is 9.97. The summed E-state index contributed by atoms with van der Waals surface area (Å²) < 4.78 is 0. The van der Waals surface area contributed by atoms with Crippen LogP contribution in [0.15, 0.2) is 5.38 Å². The number of hydrogen-bond donors (Lipinski definition) is 0. The maximum absolute atomic E-state index is 12.3. The van der Waals surface area contributed by atoms with E-state index in [1.807, 2.05) is 11.8 Å². The fourth-order valence-corrected chi connectivity index (χ4v) is 4.61. The first-order valence-electron chi connectivity index (χ1n) is 7.19. The van der Waals surface area contributed by atoms with Crippen molar-refractivity contribution in [2.75, 3.05) is 31.3 Å². The Balaban J connectivity index is 1.51. The van der Waals surface area contributed by atoms with Gasteiger partial charge in [-0.1, -0.05) is 0 Å². The van der Waals surface area contributed by atoms with Crippen molar-refractivity contribution in [2.24, 2.45) is 0 Å². The molecule has 0 aromatic carbocycles. The first-order chi connectivity index (χ1) is 10.1. The molecule has 2 fully saturated rings. The zero-order valence-corrected chi connectivity index (χ0v) is 13.7. The largest absolute Gasteiger partial charge is 0.341 e. The normalized spacial score (nSPS) is 20.3. The van der Waals surface area contributed by atoms with E-state index < -0.39 is 0 Å². The molecule has 0 N–H and O–H groups in total. The van der Waals surface area contributed by atoms with E-state index in [0.29, 0.717) is 17.5 Å². The van der Waals surface area contributed by atoms with Gasteiger partial charge in [0.2, 0.25) is 11.8 Å². The third kappa shape index (κ3) is 3.40. The number of hydrogen-bond acceptors (Lipinski definition) is 5. The van der Waals surface area contributed by atoms with Gasteiger partial charge in [0, 0.05) is 30.1 Å². The van der Waals surface area contributed by atoms with Crippen LogP contribution in [-0.2, 0) is 9.59 Å². The highest BCUT2D eigenvalue weighted by Gasteiger charge is 2.29. The van der Waals surface area contributed by atoms with Gasteiger partial charge in [-0.05, 0) is 19.8 Å². The first-order valence-corrected chi connectivity index (χ1v) is 9.22. The van der Waals surface area contributed by atoms with E-state index in [1.165, 1.54) is 5.01 Å². The molecule has 114 valence electrons. The molecule has 0 radical (unpaired) electrons. The molecule has 21 heavy (non-hydrogen) atoms. The first kappa shape index (κ1) is 14.8. The SMILES string of the molecule is Cc1csc(C2CCN(C(=O)CN3CSCC3=O)CC2)n1. The van der Waals surface area contributed by atoms with Crippen molar-refractivity contribution in [3.05, 3.63) is 16.1 Å². The van der Waals surface area contributed by atoms with Gasteiger partial charge in [0.05, 0.1) is 16.6 Å². The summed E-state index contributed by atoms with van der Waals surface area (Å²) in [6.45, 7) is 3.81. The lowest BCUT2D eigenvalue weighted by Crippen LogP contribution is -2.44. The summed E-state index contributed by atoms with van der Waals surface area (Å²) >= 11 is 3.30. The second-order valence-corrected chi connectivity index (χ2v) is 7.40. The third-order valence-electron chi connectivity index (χ3n) is 3.99. The van der Waals surface area contributed by atoms with E-state index in [4.69, 9.17) is 0 Å². The minimum absolute atomic E-state index is 0.0830. The van der Waals surface area contributed by atoms with E-state index in [0.717, 1.165) is 31.6 Å². The molecule has 0 bridgehead atoms. The topological polar surface area (TPSA) is 53.5 Å². The number of rotatable bonds is 3. The van der Waals surface area contributed by atoms with Crippen LogP contribution in [0.25, 0.3) is 0 Å². The van der Waals surface area contributed by atoms with Crippen LogP contribution < -0.4 is 0 Å². The Morgan fingerprint density at radius 2 is 2.19 bits per heavy atom. The Kier molecular flexibility index (Phi) is 4.49. The zero-order chi connectivity index (χ0) is 14.8.